The van der Waals surface area contributed by atoms with Gasteiger partial charge in [-0.15, -0.1) is 0 Å². The average molecular weight is 678 g/mol. The maximum Gasteiger partial charge on any atom is 0.161 e. The van der Waals surface area contributed by atoms with Crippen molar-refractivity contribution in [2.45, 2.75) is 19.3 Å². The maximum absolute atomic E-state index is 5.29. The van der Waals surface area contributed by atoms with Gasteiger partial charge in [-0.1, -0.05) is 141 Å². The van der Waals surface area contributed by atoms with Crippen molar-refractivity contribution in [3.8, 4) is 67.3 Å². The Morgan fingerprint density at radius 3 is 1.79 bits per heavy atom. The highest BCUT2D eigenvalue weighted by Crippen LogP contribution is 2.54. The summed E-state index contributed by atoms with van der Waals surface area (Å²) >= 11 is 0. The molecule has 10 rings (SSSR count). The van der Waals surface area contributed by atoms with Gasteiger partial charge in [-0.2, -0.15) is 0 Å². The van der Waals surface area contributed by atoms with E-state index in [-0.39, 0.29) is 5.41 Å². The topological polar surface area (TPSA) is 38.7 Å². The van der Waals surface area contributed by atoms with Crippen LogP contribution in [0.2, 0.25) is 0 Å². The lowest BCUT2D eigenvalue weighted by molar-refractivity contribution is 0.663. The van der Waals surface area contributed by atoms with Crippen LogP contribution in [0.5, 0.6) is 0 Å². The van der Waals surface area contributed by atoms with Gasteiger partial charge < -0.3 is 0 Å². The number of nitrogens with zero attached hydrogens (tertiary/aromatic N) is 3. The van der Waals surface area contributed by atoms with Gasteiger partial charge in [0.2, 0.25) is 0 Å². The molecule has 0 saturated carbocycles. The number of hydrogen-bond acceptors (Lipinski definition) is 3. The summed E-state index contributed by atoms with van der Waals surface area (Å²) in [6.07, 6.45) is 3.70. The first-order valence-electron chi connectivity index (χ1n) is 18.2. The van der Waals surface area contributed by atoms with Crippen LogP contribution in [0.4, 0.5) is 0 Å². The molecule has 0 bridgehead atoms. The second-order valence-electron chi connectivity index (χ2n) is 14.5. The first kappa shape index (κ1) is 31.1. The molecule has 0 unspecified atom stereocenters. The standard InChI is InChI=1S/C50H35N3/c1-50(2)45-29-35-16-7-6-15-34(35)28-44(45)42-23-11-22-41(48(42)50)40-24-25-43(39-21-9-8-20-38(39)40)49-52-46(32-13-4-3-5-14-32)30-47(53-49)36-18-10-17-33(27-36)37-19-12-26-51-31-37/h3-31H,1-2H3. The third-order valence-electron chi connectivity index (χ3n) is 10.9. The molecule has 9 aromatic rings. The van der Waals surface area contributed by atoms with Crippen LogP contribution in [0, 0.1) is 0 Å². The molecule has 0 saturated heterocycles. The van der Waals surface area contributed by atoms with Gasteiger partial charge in [0, 0.05) is 40.1 Å². The van der Waals surface area contributed by atoms with E-state index in [9.17, 15) is 0 Å². The van der Waals surface area contributed by atoms with E-state index in [4.69, 9.17) is 9.97 Å². The Morgan fingerprint density at radius 1 is 0.415 bits per heavy atom. The molecule has 0 radical (unpaired) electrons. The van der Waals surface area contributed by atoms with Gasteiger partial charge in [-0.3, -0.25) is 4.98 Å². The zero-order valence-electron chi connectivity index (χ0n) is 29.6. The summed E-state index contributed by atoms with van der Waals surface area (Å²) in [5.41, 5.74) is 14.7. The molecule has 1 aliphatic rings. The van der Waals surface area contributed by atoms with Crippen LogP contribution in [-0.4, -0.2) is 15.0 Å². The van der Waals surface area contributed by atoms with Gasteiger partial charge in [0.15, 0.2) is 5.82 Å². The number of pyridine rings is 1. The van der Waals surface area contributed by atoms with Gasteiger partial charge in [0.1, 0.15) is 0 Å². The molecule has 0 fully saturated rings. The molecule has 0 aliphatic heterocycles. The highest BCUT2D eigenvalue weighted by molar-refractivity contribution is 6.06. The Labute approximate surface area is 309 Å². The minimum absolute atomic E-state index is 0.169. The summed E-state index contributed by atoms with van der Waals surface area (Å²) in [5.74, 6) is 0.702. The molecule has 0 N–H and O–H groups in total. The molecular weight excluding hydrogens is 643 g/mol. The minimum Gasteiger partial charge on any atom is -0.264 e. The maximum atomic E-state index is 5.29. The predicted octanol–water partition coefficient (Wildman–Crippen LogP) is 12.8. The molecule has 0 atom stereocenters. The van der Waals surface area contributed by atoms with E-state index in [0.29, 0.717) is 5.82 Å². The molecule has 250 valence electrons. The highest BCUT2D eigenvalue weighted by atomic mass is 14.9. The second-order valence-corrected chi connectivity index (χ2v) is 14.5. The largest absolute Gasteiger partial charge is 0.264 e. The lowest BCUT2D eigenvalue weighted by atomic mass is 9.78. The van der Waals surface area contributed by atoms with Crippen molar-refractivity contribution in [2.24, 2.45) is 0 Å². The summed E-state index contributed by atoms with van der Waals surface area (Å²) in [5, 5.41) is 4.87. The third-order valence-corrected chi connectivity index (χ3v) is 10.9. The van der Waals surface area contributed by atoms with Crippen molar-refractivity contribution in [1.82, 2.24) is 15.0 Å². The van der Waals surface area contributed by atoms with E-state index in [0.717, 1.165) is 44.6 Å². The molecule has 2 heterocycles. The molecular formula is C50H35N3. The quantitative estimate of drug-likeness (QED) is 0.182. The number of rotatable bonds is 5. The Kier molecular flexibility index (Phi) is 7.16. The van der Waals surface area contributed by atoms with Gasteiger partial charge >= 0.3 is 0 Å². The molecule has 7 aromatic carbocycles. The zero-order chi connectivity index (χ0) is 35.5. The van der Waals surface area contributed by atoms with Crippen LogP contribution in [0.3, 0.4) is 0 Å². The third kappa shape index (κ3) is 5.16. The van der Waals surface area contributed by atoms with Gasteiger partial charge in [0.25, 0.3) is 0 Å². The first-order chi connectivity index (χ1) is 26.0. The average Bonchev–Trinajstić information content (AvgIpc) is 3.45. The predicted molar refractivity (Wildman–Crippen MR) is 220 cm³/mol. The summed E-state index contributed by atoms with van der Waals surface area (Å²) in [4.78, 5) is 14.9. The van der Waals surface area contributed by atoms with Crippen LogP contribution in [0.15, 0.2) is 176 Å². The van der Waals surface area contributed by atoms with E-state index < -0.39 is 0 Å². The molecule has 3 heteroatoms. The van der Waals surface area contributed by atoms with Gasteiger partial charge in [0.05, 0.1) is 11.4 Å². The summed E-state index contributed by atoms with van der Waals surface area (Å²) in [7, 11) is 0. The summed E-state index contributed by atoms with van der Waals surface area (Å²) in [6.45, 7) is 4.75. The number of fused-ring (bicyclic) bond motifs is 5. The van der Waals surface area contributed by atoms with Crippen LogP contribution < -0.4 is 0 Å². The summed E-state index contributed by atoms with van der Waals surface area (Å²) in [6, 6.07) is 58.6. The normalized spacial score (nSPS) is 12.9. The number of aromatic nitrogens is 3. The monoisotopic (exact) mass is 677 g/mol. The SMILES string of the molecule is CC1(C)c2cc3ccccc3cc2-c2cccc(-c3ccc(-c4nc(-c5ccccc5)cc(-c5cccc(-c6cccnc6)c5)n4)c4ccccc34)c21. The van der Waals surface area contributed by atoms with Gasteiger partial charge in [-0.05, 0) is 96.9 Å². The molecule has 53 heavy (non-hydrogen) atoms. The second kappa shape index (κ2) is 12.2. The van der Waals surface area contributed by atoms with Crippen molar-refractivity contribution < 1.29 is 0 Å². The van der Waals surface area contributed by atoms with Gasteiger partial charge in [-0.25, -0.2) is 9.97 Å². The Balaban J connectivity index is 1.15. The van der Waals surface area contributed by atoms with Crippen molar-refractivity contribution in [1.29, 1.82) is 0 Å². The van der Waals surface area contributed by atoms with E-state index in [2.05, 4.69) is 170 Å². The lowest BCUT2D eigenvalue weighted by Gasteiger charge is -2.25. The Hall–Kier alpha value is -6.71. The molecule has 0 spiro atoms. The first-order valence-corrected chi connectivity index (χ1v) is 18.2. The van der Waals surface area contributed by atoms with E-state index in [1.807, 2.05) is 18.3 Å². The number of hydrogen-bond donors (Lipinski definition) is 0. The minimum atomic E-state index is -0.169. The Morgan fingerprint density at radius 2 is 1.02 bits per heavy atom. The highest BCUT2D eigenvalue weighted by Gasteiger charge is 2.38. The fraction of sp³-hybridized carbons (Fsp3) is 0.0600. The molecule has 3 nitrogen and oxygen atoms in total. The molecule has 1 aliphatic carbocycles. The van der Waals surface area contributed by atoms with Crippen LogP contribution in [0.1, 0.15) is 25.0 Å². The Bertz CT molecular complexity index is 2860. The fourth-order valence-electron chi connectivity index (χ4n) is 8.38. The molecule has 2 aromatic heterocycles. The van der Waals surface area contributed by atoms with Crippen molar-refractivity contribution >= 4 is 21.5 Å². The summed E-state index contributed by atoms with van der Waals surface area (Å²) < 4.78 is 0. The fourth-order valence-corrected chi connectivity index (χ4v) is 8.38. The van der Waals surface area contributed by atoms with E-state index in [1.165, 1.54) is 49.5 Å². The lowest BCUT2D eigenvalue weighted by Crippen LogP contribution is -2.16. The van der Waals surface area contributed by atoms with Crippen LogP contribution >= 0.6 is 0 Å². The van der Waals surface area contributed by atoms with Crippen molar-refractivity contribution in [2.75, 3.05) is 0 Å². The molecule has 0 amide bonds. The number of benzene rings is 7. The van der Waals surface area contributed by atoms with E-state index >= 15 is 0 Å². The van der Waals surface area contributed by atoms with Crippen LogP contribution in [-0.2, 0) is 5.41 Å². The smallest absolute Gasteiger partial charge is 0.161 e. The van der Waals surface area contributed by atoms with E-state index in [1.54, 1.807) is 6.20 Å². The van der Waals surface area contributed by atoms with Crippen molar-refractivity contribution in [3.63, 3.8) is 0 Å². The van der Waals surface area contributed by atoms with Crippen molar-refractivity contribution in [3.05, 3.63) is 187 Å². The zero-order valence-corrected chi connectivity index (χ0v) is 29.6. The van der Waals surface area contributed by atoms with Crippen LogP contribution in [0.25, 0.3) is 88.8 Å².